The lowest BCUT2D eigenvalue weighted by Gasteiger charge is -2.37. The maximum absolute atomic E-state index is 12.0. The predicted octanol–water partition coefficient (Wildman–Crippen LogP) is -0.0609. The minimum Gasteiger partial charge on any atom is -0.465 e. The van der Waals surface area contributed by atoms with Crippen LogP contribution < -0.4 is 5.32 Å². The van der Waals surface area contributed by atoms with E-state index in [1.807, 2.05) is 0 Å². The van der Waals surface area contributed by atoms with Gasteiger partial charge in [-0.1, -0.05) is 0 Å². The summed E-state index contributed by atoms with van der Waals surface area (Å²) in [5.74, 6) is -2.51. The molecule has 1 saturated heterocycles. The molecule has 10 heteroatoms. The third-order valence-electron chi connectivity index (χ3n) is 3.23. The fourth-order valence-corrected chi connectivity index (χ4v) is 2.02. The number of likely N-dealkylation sites (tertiary alicyclic amines) is 1. The number of nitrogens with zero attached hydrogens (tertiary/aromatic N) is 2. The summed E-state index contributed by atoms with van der Waals surface area (Å²) < 4.78 is 9.49. The van der Waals surface area contributed by atoms with E-state index in [1.165, 1.54) is 11.0 Å². The van der Waals surface area contributed by atoms with Gasteiger partial charge in [-0.3, -0.25) is 24.5 Å². The van der Waals surface area contributed by atoms with Gasteiger partial charge in [-0.05, 0) is 13.0 Å². The molecule has 1 N–H and O–H groups in total. The molecule has 1 aliphatic heterocycles. The molecule has 0 aliphatic carbocycles. The van der Waals surface area contributed by atoms with E-state index < -0.39 is 28.6 Å². The number of nitro groups is 1. The van der Waals surface area contributed by atoms with E-state index in [1.54, 1.807) is 6.92 Å². The van der Waals surface area contributed by atoms with Crippen LogP contribution in [0, 0.1) is 16.0 Å². The van der Waals surface area contributed by atoms with Crippen LogP contribution in [0.25, 0.3) is 0 Å². The molecule has 2 heterocycles. The van der Waals surface area contributed by atoms with Crippen LogP contribution in [-0.4, -0.2) is 53.8 Å². The molecule has 2 amide bonds. The van der Waals surface area contributed by atoms with Gasteiger partial charge in [0.25, 0.3) is 5.91 Å². The van der Waals surface area contributed by atoms with Crippen molar-refractivity contribution in [1.82, 2.24) is 10.2 Å². The van der Waals surface area contributed by atoms with Crippen LogP contribution in [0.1, 0.15) is 17.5 Å². The van der Waals surface area contributed by atoms with Gasteiger partial charge in [-0.25, -0.2) is 0 Å². The van der Waals surface area contributed by atoms with Crippen LogP contribution >= 0.6 is 0 Å². The summed E-state index contributed by atoms with van der Waals surface area (Å²) in [4.78, 5) is 46.0. The number of hydrogen-bond donors (Lipinski definition) is 1. The van der Waals surface area contributed by atoms with E-state index in [-0.39, 0.29) is 37.9 Å². The molecule has 1 fully saturated rings. The molecule has 0 saturated carbocycles. The van der Waals surface area contributed by atoms with E-state index in [2.05, 4.69) is 10.1 Å². The van der Waals surface area contributed by atoms with Crippen molar-refractivity contribution in [2.45, 2.75) is 6.92 Å². The van der Waals surface area contributed by atoms with Gasteiger partial charge in [-0.2, -0.15) is 0 Å². The fraction of sp³-hybridized carbons (Fsp3) is 0.462. The topological polar surface area (TPSA) is 132 Å². The van der Waals surface area contributed by atoms with Crippen molar-refractivity contribution in [2.24, 2.45) is 5.92 Å². The number of carbonyl (C=O) groups excluding carboxylic acids is 3. The van der Waals surface area contributed by atoms with Crippen LogP contribution in [0.3, 0.4) is 0 Å². The molecule has 0 spiro atoms. The Kier molecular flexibility index (Phi) is 4.94. The quantitative estimate of drug-likeness (QED) is 0.440. The third-order valence-corrected chi connectivity index (χ3v) is 3.23. The molecule has 1 aromatic rings. The second kappa shape index (κ2) is 6.90. The molecule has 0 bridgehead atoms. The number of hydrogen-bond acceptors (Lipinski definition) is 7. The van der Waals surface area contributed by atoms with Crippen molar-refractivity contribution in [3.05, 3.63) is 28.0 Å². The Morgan fingerprint density at radius 1 is 1.43 bits per heavy atom. The molecule has 1 aromatic heterocycles. The van der Waals surface area contributed by atoms with Crippen molar-refractivity contribution in [2.75, 3.05) is 26.2 Å². The molecular formula is C13H15N3O7. The lowest BCUT2D eigenvalue weighted by molar-refractivity contribution is -0.402. The average Bonchev–Trinajstić information content (AvgIpc) is 2.93. The normalized spacial score (nSPS) is 14.0. The van der Waals surface area contributed by atoms with Gasteiger partial charge in [-0.15, -0.1) is 0 Å². The number of rotatable bonds is 6. The van der Waals surface area contributed by atoms with E-state index in [4.69, 9.17) is 4.42 Å². The molecule has 0 unspecified atom stereocenters. The summed E-state index contributed by atoms with van der Waals surface area (Å²) in [6.07, 6.45) is 0. The second-order valence-corrected chi connectivity index (χ2v) is 4.82. The predicted molar refractivity (Wildman–Crippen MR) is 74.4 cm³/mol. The Morgan fingerprint density at radius 2 is 2.13 bits per heavy atom. The summed E-state index contributed by atoms with van der Waals surface area (Å²) in [6, 6.07) is 2.31. The van der Waals surface area contributed by atoms with Crippen LogP contribution in [0.4, 0.5) is 5.88 Å². The SMILES string of the molecule is CCOC(=O)CNC(=O)C1CN(C(=O)c2ccc([N+](=O)[O-])o2)C1. The molecule has 10 nitrogen and oxygen atoms in total. The minimum absolute atomic E-state index is 0.151. The summed E-state index contributed by atoms with van der Waals surface area (Å²) in [7, 11) is 0. The van der Waals surface area contributed by atoms with Crippen molar-refractivity contribution >= 4 is 23.7 Å². The smallest absolute Gasteiger partial charge is 0.433 e. The largest absolute Gasteiger partial charge is 0.465 e. The zero-order valence-electron chi connectivity index (χ0n) is 12.3. The van der Waals surface area contributed by atoms with Crippen molar-refractivity contribution in [3.8, 4) is 0 Å². The monoisotopic (exact) mass is 325 g/mol. The van der Waals surface area contributed by atoms with Gasteiger partial charge in [0, 0.05) is 13.1 Å². The Bertz CT molecular complexity index is 633. The second-order valence-electron chi connectivity index (χ2n) is 4.82. The highest BCUT2D eigenvalue weighted by molar-refractivity contribution is 5.94. The first kappa shape index (κ1) is 16.5. The lowest BCUT2D eigenvalue weighted by Crippen LogP contribution is -2.56. The van der Waals surface area contributed by atoms with Crippen molar-refractivity contribution in [1.29, 1.82) is 0 Å². The maximum atomic E-state index is 12.0. The highest BCUT2D eigenvalue weighted by Gasteiger charge is 2.37. The van der Waals surface area contributed by atoms with Gasteiger partial charge in [0.1, 0.15) is 11.5 Å². The number of furan rings is 1. The number of ether oxygens (including phenoxy) is 1. The van der Waals surface area contributed by atoms with Gasteiger partial charge in [0.05, 0.1) is 18.6 Å². The van der Waals surface area contributed by atoms with Gasteiger partial charge >= 0.3 is 11.9 Å². The average molecular weight is 325 g/mol. The van der Waals surface area contributed by atoms with Crippen LogP contribution in [-0.2, 0) is 14.3 Å². The number of amides is 2. The lowest BCUT2D eigenvalue weighted by atomic mass is 9.99. The zero-order valence-corrected chi connectivity index (χ0v) is 12.3. The standard InChI is InChI=1S/C13H15N3O7/c1-2-22-11(17)5-14-12(18)8-6-15(7-8)13(19)9-3-4-10(23-9)16(20)21/h3-4,8H,2,5-7H2,1H3,(H,14,18). The number of nitrogens with one attached hydrogen (secondary N) is 1. The third kappa shape index (κ3) is 3.84. The Morgan fingerprint density at radius 3 is 2.70 bits per heavy atom. The van der Waals surface area contributed by atoms with E-state index >= 15 is 0 Å². The van der Waals surface area contributed by atoms with Crippen LogP contribution in [0.5, 0.6) is 0 Å². The number of esters is 1. The van der Waals surface area contributed by atoms with Crippen molar-refractivity contribution < 1.29 is 28.5 Å². The first-order valence-corrected chi connectivity index (χ1v) is 6.89. The molecule has 1 aliphatic rings. The van der Waals surface area contributed by atoms with E-state index in [9.17, 15) is 24.5 Å². The van der Waals surface area contributed by atoms with Crippen molar-refractivity contribution in [3.63, 3.8) is 0 Å². The maximum Gasteiger partial charge on any atom is 0.433 e. The zero-order chi connectivity index (χ0) is 17.0. The highest BCUT2D eigenvalue weighted by Crippen LogP contribution is 2.22. The Hall–Kier alpha value is -2.91. The van der Waals surface area contributed by atoms with Gasteiger partial charge in [0.2, 0.25) is 5.91 Å². The Labute approximate surface area is 130 Å². The summed E-state index contributed by atoms with van der Waals surface area (Å²) in [5, 5.41) is 12.9. The van der Waals surface area contributed by atoms with Crippen LogP contribution in [0.15, 0.2) is 16.5 Å². The molecular weight excluding hydrogens is 310 g/mol. The Balaban J connectivity index is 1.79. The van der Waals surface area contributed by atoms with Gasteiger partial charge < -0.3 is 19.4 Å². The molecule has 0 aromatic carbocycles. The molecule has 0 radical (unpaired) electrons. The fourth-order valence-electron chi connectivity index (χ4n) is 2.02. The summed E-state index contributed by atoms with van der Waals surface area (Å²) in [5.41, 5.74) is 0. The molecule has 23 heavy (non-hydrogen) atoms. The van der Waals surface area contributed by atoms with E-state index in [0.717, 1.165) is 6.07 Å². The number of carbonyl (C=O) groups is 3. The van der Waals surface area contributed by atoms with E-state index in [0.29, 0.717) is 0 Å². The van der Waals surface area contributed by atoms with Gasteiger partial charge in [0.15, 0.2) is 5.76 Å². The minimum atomic E-state index is -0.738. The first-order chi connectivity index (χ1) is 10.9. The summed E-state index contributed by atoms with van der Waals surface area (Å²) >= 11 is 0. The highest BCUT2D eigenvalue weighted by atomic mass is 16.6. The first-order valence-electron chi connectivity index (χ1n) is 6.89. The summed E-state index contributed by atoms with van der Waals surface area (Å²) in [6.45, 7) is 1.98. The molecule has 2 rings (SSSR count). The molecule has 0 atom stereocenters. The molecule has 124 valence electrons. The van der Waals surface area contributed by atoms with Crippen LogP contribution in [0.2, 0.25) is 0 Å².